The molecule has 0 aliphatic rings. The van der Waals surface area contributed by atoms with Crippen molar-refractivity contribution >= 4 is 0 Å². The van der Waals surface area contributed by atoms with Crippen LogP contribution in [0.4, 0.5) is 8.78 Å². The normalized spacial score (nSPS) is 12.3. The van der Waals surface area contributed by atoms with Gasteiger partial charge < -0.3 is 5.32 Å². The van der Waals surface area contributed by atoms with Gasteiger partial charge in [0.05, 0.1) is 6.04 Å². The van der Waals surface area contributed by atoms with E-state index in [1.165, 1.54) is 12.1 Å². The summed E-state index contributed by atoms with van der Waals surface area (Å²) >= 11 is 0. The van der Waals surface area contributed by atoms with Crippen LogP contribution in [-0.2, 0) is 0 Å². The standard InChI is InChI=1S/C12H15F2N/c1-8(2)6-12(15-3)10-5-4-9(13)7-11(10)14/h4-7,12,15H,1-3H3. The number of nitrogens with one attached hydrogen (secondary N) is 1. The van der Waals surface area contributed by atoms with Crippen molar-refractivity contribution in [2.75, 3.05) is 7.05 Å². The molecule has 1 nitrogen and oxygen atoms in total. The molecule has 82 valence electrons. The van der Waals surface area contributed by atoms with Crippen molar-refractivity contribution in [2.24, 2.45) is 0 Å². The molecule has 1 aromatic rings. The summed E-state index contributed by atoms with van der Waals surface area (Å²) in [5, 5.41) is 2.97. The second-order valence-corrected chi connectivity index (χ2v) is 3.68. The number of likely N-dealkylation sites (N-methyl/N-ethyl adjacent to an activating group) is 1. The van der Waals surface area contributed by atoms with Gasteiger partial charge in [-0.3, -0.25) is 0 Å². The lowest BCUT2D eigenvalue weighted by atomic mass is 10.0. The van der Waals surface area contributed by atoms with Gasteiger partial charge in [0.25, 0.3) is 0 Å². The monoisotopic (exact) mass is 211 g/mol. The SMILES string of the molecule is CNC(C=C(C)C)c1ccc(F)cc1F. The van der Waals surface area contributed by atoms with Gasteiger partial charge in [-0.2, -0.15) is 0 Å². The van der Waals surface area contributed by atoms with Crippen LogP contribution in [0.2, 0.25) is 0 Å². The summed E-state index contributed by atoms with van der Waals surface area (Å²) in [6.07, 6.45) is 1.90. The first kappa shape index (κ1) is 11.9. The van der Waals surface area contributed by atoms with E-state index in [9.17, 15) is 8.78 Å². The molecule has 0 radical (unpaired) electrons. The van der Waals surface area contributed by atoms with E-state index < -0.39 is 11.6 Å². The molecule has 0 saturated carbocycles. The molecule has 0 amide bonds. The van der Waals surface area contributed by atoms with Gasteiger partial charge in [0.1, 0.15) is 11.6 Å². The Kier molecular flexibility index (Phi) is 3.97. The second-order valence-electron chi connectivity index (χ2n) is 3.68. The van der Waals surface area contributed by atoms with Crippen LogP contribution in [0.1, 0.15) is 25.5 Å². The van der Waals surface area contributed by atoms with Gasteiger partial charge in [-0.1, -0.05) is 17.7 Å². The number of hydrogen-bond acceptors (Lipinski definition) is 1. The van der Waals surface area contributed by atoms with E-state index in [0.29, 0.717) is 5.56 Å². The molecule has 3 heteroatoms. The Balaban J connectivity index is 3.07. The van der Waals surface area contributed by atoms with E-state index in [0.717, 1.165) is 11.6 Å². The maximum absolute atomic E-state index is 13.4. The highest BCUT2D eigenvalue weighted by molar-refractivity contribution is 5.26. The zero-order valence-corrected chi connectivity index (χ0v) is 9.14. The first-order chi connectivity index (χ1) is 7.04. The first-order valence-corrected chi connectivity index (χ1v) is 4.82. The van der Waals surface area contributed by atoms with Gasteiger partial charge in [-0.15, -0.1) is 0 Å². The van der Waals surface area contributed by atoms with Crippen LogP contribution in [-0.4, -0.2) is 7.05 Å². The third-order valence-electron chi connectivity index (χ3n) is 2.11. The smallest absolute Gasteiger partial charge is 0.131 e. The summed E-state index contributed by atoms with van der Waals surface area (Å²) in [4.78, 5) is 0. The van der Waals surface area contributed by atoms with Crippen LogP contribution in [0.25, 0.3) is 0 Å². The molecular formula is C12H15F2N. The number of allylic oxidation sites excluding steroid dienone is 1. The van der Waals surface area contributed by atoms with Gasteiger partial charge in [-0.05, 0) is 27.0 Å². The van der Waals surface area contributed by atoms with E-state index >= 15 is 0 Å². The summed E-state index contributed by atoms with van der Waals surface area (Å²) in [7, 11) is 1.74. The lowest BCUT2D eigenvalue weighted by molar-refractivity contribution is 0.555. The first-order valence-electron chi connectivity index (χ1n) is 4.82. The molecule has 0 spiro atoms. The molecule has 1 unspecified atom stereocenters. The summed E-state index contributed by atoms with van der Waals surface area (Å²) in [5.41, 5.74) is 1.54. The average molecular weight is 211 g/mol. The lowest BCUT2D eigenvalue weighted by Crippen LogP contribution is -2.15. The maximum Gasteiger partial charge on any atom is 0.131 e. The van der Waals surface area contributed by atoms with Crippen LogP contribution in [0.3, 0.4) is 0 Å². The number of rotatable bonds is 3. The second kappa shape index (κ2) is 5.03. The highest BCUT2D eigenvalue weighted by Gasteiger charge is 2.11. The van der Waals surface area contributed by atoms with Crippen molar-refractivity contribution in [1.29, 1.82) is 0 Å². The van der Waals surface area contributed by atoms with Gasteiger partial charge in [-0.25, -0.2) is 8.78 Å². The van der Waals surface area contributed by atoms with Crippen molar-refractivity contribution in [3.63, 3.8) is 0 Å². The Hall–Kier alpha value is -1.22. The minimum atomic E-state index is -0.552. The maximum atomic E-state index is 13.4. The lowest BCUT2D eigenvalue weighted by Gasteiger charge is -2.13. The summed E-state index contributed by atoms with van der Waals surface area (Å²) in [5.74, 6) is -1.07. The van der Waals surface area contributed by atoms with Gasteiger partial charge in [0.2, 0.25) is 0 Å². The Morgan fingerprint density at radius 3 is 2.47 bits per heavy atom. The van der Waals surface area contributed by atoms with E-state index in [1.54, 1.807) is 7.05 Å². The number of hydrogen-bond donors (Lipinski definition) is 1. The van der Waals surface area contributed by atoms with Crippen molar-refractivity contribution in [2.45, 2.75) is 19.9 Å². The van der Waals surface area contributed by atoms with Crippen molar-refractivity contribution < 1.29 is 8.78 Å². The minimum Gasteiger partial charge on any atom is -0.310 e. The number of halogens is 2. The van der Waals surface area contributed by atoms with Crippen LogP contribution in [0.5, 0.6) is 0 Å². The predicted molar refractivity (Wildman–Crippen MR) is 57.6 cm³/mol. The van der Waals surface area contributed by atoms with E-state index in [1.807, 2.05) is 19.9 Å². The molecule has 1 atom stereocenters. The Morgan fingerprint density at radius 2 is 2.00 bits per heavy atom. The molecule has 0 aliphatic heterocycles. The molecule has 0 fully saturated rings. The van der Waals surface area contributed by atoms with Gasteiger partial charge in [0.15, 0.2) is 0 Å². The van der Waals surface area contributed by atoms with E-state index in [2.05, 4.69) is 5.32 Å². The highest BCUT2D eigenvalue weighted by Crippen LogP contribution is 2.20. The zero-order valence-electron chi connectivity index (χ0n) is 9.14. The van der Waals surface area contributed by atoms with Gasteiger partial charge >= 0.3 is 0 Å². The van der Waals surface area contributed by atoms with Crippen molar-refractivity contribution in [1.82, 2.24) is 5.32 Å². The summed E-state index contributed by atoms with van der Waals surface area (Å²) in [6, 6.07) is 3.42. The Morgan fingerprint density at radius 1 is 1.33 bits per heavy atom. The van der Waals surface area contributed by atoms with Crippen LogP contribution >= 0.6 is 0 Å². The predicted octanol–water partition coefficient (Wildman–Crippen LogP) is 3.19. The average Bonchev–Trinajstić information content (AvgIpc) is 2.14. The highest BCUT2D eigenvalue weighted by atomic mass is 19.1. The zero-order chi connectivity index (χ0) is 11.4. The molecule has 0 saturated heterocycles. The molecule has 0 aliphatic carbocycles. The molecular weight excluding hydrogens is 196 g/mol. The third kappa shape index (κ3) is 3.13. The minimum absolute atomic E-state index is 0.212. The Bertz CT molecular complexity index is 368. The van der Waals surface area contributed by atoms with Crippen LogP contribution in [0.15, 0.2) is 29.8 Å². The molecule has 0 aromatic heterocycles. The third-order valence-corrected chi connectivity index (χ3v) is 2.11. The van der Waals surface area contributed by atoms with Crippen molar-refractivity contribution in [3.8, 4) is 0 Å². The van der Waals surface area contributed by atoms with Crippen LogP contribution in [0, 0.1) is 11.6 Å². The van der Waals surface area contributed by atoms with Gasteiger partial charge in [0, 0.05) is 11.6 Å². The molecule has 15 heavy (non-hydrogen) atoms. The number of benzene rings is 1. The fourth-order valence-corrected chi connectivity index (χ4v) is 1.42. The topological polar surface area (TPSA) is 12.0 Å². The fraction of sp³-hybridized carbons (Fsp3) is 0.333. The summed E-state index contributed by atoms with van der Waals surface area (Å²) in [6.45, 7) is 3.87. The van der Waals surface area contributed by atoms with E-state index in [4.69, 9.17) is 0 Å². The molecule has 0 bridgehead atoms. The molecule has 1 rings (SSSR count). The molecule has 1 N–H and O–H groups in total. The summed E-state index contributed by atoms with van der Waals surface area (Å²) < 4.78 is 26.1. The van der Waals surface area contributed by atoms with E-state index in [-0.39, 0.29) is 6.04 Å². The largest absolute Gasteiger partial charge is 0.310 e. The fourth-order valence-electron chi connectivity index (χ4n) is 1.42. The molecule has 0 heterocycles. The Labute approximate surface area is 88.8 Å². The van der Waals surface area contributed by atoms with Crippen LogP contribution < -0.4 is 5.32 Å². The van der Waals surface area contributed by atoms with Crippen molar-refractivity contribution in [3.05, 3.63) is 47.0 Å². The quantitative estimate of drug-likeness (QED) is 0.757. The molecule has 1 aromatic carbocycles.